The molecular weight excluding hydrogens is 228 g/mol. The van der Waals surface area contributed by atoms with Gasteiger partial charge < -0.3 is 15.8 Å². The third-order valence-electron chi connectivity index (χ3n) is 2.06. The van der Waals surface area contributed by atoms with Crippen molar-refractivity contribution >= 4 is 18.3 Å². The molecule has 0 aromatic heterocycles. The molecule has 16 heavy (non-hydrogen) atoms. The summed E-state index contributed by atoms with van der Waals surface area (Å²) < 4.78 is 5.10. The van der Waals surface area contributed by atoms with E-state index in [9.17, 15) is 4.79 Å². The van der Waals surface area contributed by atoms with E-state index in [4.69, 9.17) is 10.5 Å². The molecule has 0 aliphatic rings. The molecule has 0 atom stereocenters. The van der Waals surface area contributed by atoms with Crippen LogP contribution in [0.3, 0.4) is 0 Å². The monoisotopic (exact) mass is 244 g/mol. The zero-order chi connectivity index (χ0) is 11.1. The van der Waals surface area contributed by atoms with Gasteiger partial charge in [-0.25, -0.2) is 0 Å². The first-order valence-corrected chi connectivity index (χ1v) is 4.86. The van der Waals surface area contributed by atoms with Crippen molar-refractivity contribution in [2.45, 2.75) is 6.42 Å². The average Bonchev–Trinajstić information content (AvgIpc) is 2.29. The van der Waals surface area contributed by atoms with Crippen LogP contribution in [0.5, 0.6) is 5.75 Å². The van der Waals surface area contributed by atoms with Crippen molar-refractivity contribution in [1.82, 2.24) is 5.32 Å². The van der Waals surface area contributed by atoms with E-state index in [0.717, 1.165) is 17.7 Å². The first kappa shape index (κ1) is 14.7. The van der Waals surface area contributed by atoms with Gasteiger partial charge in [0, 0.05) is 6.54 Å². The van der Waals surface area contributed by atoms with Gasteiger partial charge in [0.2, 0.25) is 5.91 Å². The predicted octanol–water partition coefficient (Wildman–Crippen LogP) is 0.734. The maximum absolute atomic E-state index is 10.9. The van der Waals surface area contributed by atoms with E-state index < -0.39 is 0 Å². The Labute approximate surface area is 102 Å². The predicted molar refractivity (Wildman–Crippen MR) is 66.0 cm³/mol. The number of hydrogen-bond donors (Lipinski definition) is 2. The molecular formula is C11H17ClN2O2. The standard InChI is InChI=1S/C11H16N2O2.ClH/c1-15-10-4-2-3-9(7-10)5-6-13-11(14)8-12;/h2-4,7H,5-6,8,12H2,1H3,(H,13,14);1H. The number of carbonyl (C=O) groups is 1. The third-order valence-corrected chi connectivity index (χ3v) is 2.06. The molecule has 0 aliphatic heterocycles. The molecule has 0 saturated carbocycles. The summed E-state index contributed by atoms with van der Waals surface area (Å²) in [5.74, 6) is 0.704. The number of nitrogens with two attached hydrogens (primary N) is 1. The minimum atomic E-state index is -0.127. The molecule has 0 spiro atoms. The fraction of sp³-hybridized carbons (Fsp3) is 0.364. The molecule has 0 fully saturated rings. The number of nitrogens with one attached hydrogen (secondary N) is 1. The summed E-state index contributed by atoms with van der Waals surface area (Å²) >= 11 is 0. The van der Waals surface area contributed by atoms with Crippen LogP contribution in [0.2, 0.25) is 0 Å². The van der Waals surface area contributed by atoms with Gasteiger partial charge in [0.25, 0.3) is 0 Å². The van der Waals surface area contributed by atoms with Gasteiger partial charge in [-0.3, -0.25) is 4.79 Å². The van der Waals surface area contributed by atoms with E-state index in [1.165, 1.54) is 0 Å². The second kappa shape index (κ2) is 7.96. The number of carbonyl (C=O) groups excluding carboxylic acids is 1. The molecule has 0 bridgehead atoms. The van der Waals surface area contributed by atoms with Crippen LogP contribution in [0.4, 0.5) is 0 Å². The molecule has 1 rings (SSSR count). The first-order chi connectivity index (χ1) is 7.26. The Bertz CT molecular complexity index is 332. The van der Waals surface area contributed by atoms with Crippen molar-refractivity contribution in [2.24, 2.45) is 5.73 Å². The highest BCUT2D eigenvalue weighted by atomic mass is 35.5. The fourth-order valence-corrected chi connectivity index (χ4v) is 1.25. The van der Waals surface area contributed by atoms with Crippen molar-refractivity contribution < 1.29 is 9.53 Å². The van der Waals surface area contributed by atoms with Crippen molar-refractivity contribution in [3.8, 4) is 5.75 Å². The maximum atomic E-state index is 10.9. The summed E-state index contributed by atoms with van der Waals surface area (Å²) in [4.78, 5) is 10.9. The van der Waals surface area contributed by atoms with Crippen LogP contribution in [0, 0.1) is 0 Å². The van der Waals surface area contributed by atoms with Gasteiger partial charge in [-0.15, -0.1) is 12.4 Å². The van der Waals surface area contributed by atoms with E-state index in [1.807, 2.05) is 24.3 Å². The molecule has 1 amide bonds. The quantitative estimate of drug-likeness (QED) is 0.803. The lowest BCUT2D eigenvalue weighted by atomic mass is 10.1. The van der Waals surface area contributed by atoms with Crippen LogP contribution in [0.15, 0.2) is 24.3 Å². The summed E-state index contributed by atoms with van der Waals surface area (Å²) in [5, 5.41) is 2.71. The maximum Gasteiger partial charge on any atom is 0.233 e. The highest BCUT2D eigenvalue weighted by Crippen LogP contribution is 2.12. The fourth-order valence-electron chi connectivity index (χ4n) is 1.25. The molecule has 4 nitrogen and oxygen atoms in total. The average molecular weight is 245 g/mol. The topological polar surface area (TPSA) is 64.3 Å². The molecule has 1 aromatic rings. The normalized spacial score (nSPS) is 9.12. The Hall–Kier alpha value is -1.26. The lowest BCUT2D eigenvalue weighted by Crippen LogP contribution is -2.31. The Morgan fingerprint density at radius 2 is 2.25 bits per heavy atom. The number of rotatable bonds is 5. The van der Waals surface area contributed by atoms with Crippen molar-refractivity contribution in [3.05, 3.63) is 29.8 Å². The molecule has 0 heterocycles. The molecule has 0 aliphatic carbocycles. The Morgan fingerprint density at radius 3 is 2.88 bits per heavy atom. The van der Waals surface area contributed by atoms with Crippen molar-refractivity contribution in [1.29, 1.82) is 0 Å². The van der Waals surface area contributed by atoms with Gasteiger partial charge in [-0.2, -0.15) is 0 Å². The number of halogens is 1. The minimum Gasteiger partial charge on any atom is -0.497 e. The van der Waals surface area contributed by atoms with Crippen LogP contribution in [-0.2, 0) is 11.2 Å². The molecule has 5 heteroatoms. The van der Waals surface area contributed by atoms with Crippen LogP contribution < -0.4 is 15.8 Å². The summed E-state index contributed by atoms with van der Waals surface area (Å²) in [6.07, 6.45) is 0.781. The van der Waals surface area contributed by atoms with E-state index in [0.29, 0.717) is 6.54 Å². The molecule has 3 N–H and O–H groups in total. The Balaban J connectivity index is 0.00000225. The number of amides is 1. The number of methoxy groups -OCH3 is 1. The zero-order valence-electron chi connectivity index (χ0n) is 9.23. The summed E-state index contributed by atoms with van der Waals surface area (Å²) in [6.45, 7) is 0.640. The number of benzene rings is 1. The van der Waals surface area contributed by atoms with Crippen molar-refractivity contribution in [2.75, 3.05) is 20.2 Å². The third kappa shape index (κ3) is 5.00. The minimum absolute atomic E-state index is 0. The Kier molecular flexibility index (Phi) is 7.33. The smallest absolute Gasteiger partial charge is 0.233 e. The lowest BCUT2D eigenvalue weighted by molar-refractivity contribution is -0.119. The molecule has 0 saturated heterocycles. The first-order valence-electron chi connectivity index (χ1n) is 4.86. The summed E-state index contributed by atoms with van der Waals surface area (Å²) in [5.41, 5.74) is 6.30. The van der Waals surface area contributed by atoms with E-state index >= 15 is 0 Å². The lowest BCUT2D eigenvalue weighted by Gasteiger charge is -2.05. The van der Waals surface area contributed by atoms with Gasteiger partial charge in [0.15, 0.2) is 0 Å². The highest BCUT2D eigenvalue weighted by molar-refractivity contribution is 5.85. The molecule has 0 radical (unpaired) electrons. The Morgan fingerprint density at radius 1 is 1.50 bits per heavy atom. The van der Waals surface area contributed by atoms with Crippen LogP contribution in [0.25, 0.3) is 0 Å². The molecule has 90 valence electrons. The highest BCUT2D eigenvalue weighted by Gasteiger charge is 1.98. The van der Waals surface area contributed by atoms with Gasteiger partial charge in [0.05, 0.1) is 13.7 Å². The van der Waals surface area contributed by atoms with Gasteiger partial charge in [-0.1, -0.05) is 12.1 Å². The number of hydrogen-bond acceptors (Lipinski definition) is 3. The molecule has 1 aromatic carbocycles. The van der Waals surface area contributed by atoms with Crippen molar-refractivity contribution in [3.63, 3.8) is 0 Å². The van der Waals surface area contributed by atoms with Crippen LogP contribution in [-0.4, -0.2) is 26.1 Å². The second-order valence-corrected chi connectivity index (χ2v) is 3.16. The second-order valence-electron chi connectivity index (χ2n) is 3.16. The molecule has 0 unspecified atom stereocenters. The van der Waals surface area contributed by atoms with Crippen LogP contribution in [0.1, 0.15) is 5.56 Å². The SMILES string of the molecule is COc1cccc(CCNC(=O)CN)c1.Cl. The van der Waals surface area contributed by atoms with E-state index in [-0.39, 0.29) is 24.9 Å². The van der Waals surface area contributed by atoms with Gasteiger partial charge >= 0.3 is 0 Å². The largest absolute Gasteiger partial charge is 0.497 e. The van der Waals surface area contributed by atoms with Gasteiger partial charge in [0.1, 0.15) is 5.75 Å². The van der Waals surface area contributed by atoms with Crippen LogP contribution >= 0.6 is 12.4 Å². The van der Waals surface area contributed by atoms with E-state index in [2.05, 4.69) is 5.32 Å². The number of ether oxygens (including phenoxy) is 1. The van der Waals surface area contributed by atoms with E-state index in [1.54, 1.807) is 7.11 Å². The summed E-state index contributed by atoms with van der Waals surface area (Å²) in [7, 11) is 1.63. The summed E-state index contributed by atoms with van der Waals surface area (Å²) in [6, 6.07) is 7.77. The van der Waals surface area contributed by atoms with Gasteiger partial charge in [-0.05, 0) is 24.1 Å². The zero-order valence-corrected chi connectivity index (χ0v) is 10.0.